The van der Waals surface area contributed by atoms with Crippen LogP contribution in [0.5, 0.6) is 0 Å². The number of halogens is 2. The molecule has 9 heteroatoms. The molecule has 3 rings (SSSR count). The average molecular weight is 424 g/mol. The van der Waals surface area contributed by atoms with Gasteiger partial charge in [-0.05, 0) is 24.3 Å². The lowest BCUT2D eigenvalue weighted by molar-refractivity contribution is -0.783. The van der Waals surface area contributed by atoms with Crippen LogP contribution in [0.25, 0.3) is 0 Å². The standard InChI is InChI=1S/C18H15Cl2N3O3S/c19-14-6-7-16(17(20)10-14)18(26-23(24)25,11-22-9-8-21-13-22)12-27-15-4-2-1-3-5-15/h1-10,13H,11-12H2. The fraction of sp³-hybridized carbons (Fsp3) is 0.167. The van der Waals surface area contributed by atoms with Crippen LogP contribution in [0.3, 0.4) is 0 Å². The molecule has 1 heterocycles. The Hall–Kier alpha value is -2.22. The number of benzene rings is 2. The van der Waals surface area contributed by atoms with Crippen LogP contribution in [-0.4, -0.2) is 20.4 Å². The van der Waals surface area contributed by atoms with Gasteiger partial charge in [0.1, 0.15) is 0 Å². The molecule has 0 fully saturated rings. The van der Waals surface area contributed by atoms with E-state index in [1.807, 2.05) is 30.3 Å². The number of hydrogen-bond acceptors (Lipinski definition) is 5. The van der Waals surface area contributed by atoms with E-state index in [0.717, 1.165) is 4.90 Å². The van der Waals surface area contributed by atoms with E-state index >= 15 is 0 Å². The third kappa shape index (κ3) is 4.94. The van der Waals surface area contributed by atoms with Gasteiger partial charge < -0.3 is 4.57 Å². The maximum Gasteiger partial charge on any atom is 0.295 e. The number of rotatable bonds is 8. The lowest BCUT2D eigenvalue weighted by atomic mass is 9.95. The molecule has 0 saturated heterocycles. The van der Waals surface area contributed by atoms with Crippen LogP contribution in [-0.2, 0) is 17.0 Å². The molecule has 0 aliphatic rings. The van der Waals surface area contributed by atoms with E-state index in [0.29, 0.717) is 15.6 Å². The molecule has 0 amide bonds. The van der Waals surface area contributed by atoms with Crippen LogP contribution in [0, 0.1) is 10.1 Å². The van der Waals surface area contributed by atoms with Crippen LogP contribution >= 0.6 is 35.0 Å². The SMILES string of the molecule is O=[N+]([O-])OC(CSc1ccccc1)(Cn1ccnc1)c1ccc(Cl)cc1Cl. The van der Waals surface area contributed by atoms with Crippen molar-refractivity contribution in [3.8, 4) is 0 Å². The normalized spacial score (nSPS) is 13.1. The largest absolute Gasteiger partial charge is 0.335 e. The third-order valence-corrected chi connectivity index (χ3v) is 5.65. The summed E-state index contributed by atoms with van der Waals surface area (Å²) in [5, 5.41) is 11.3. The Morgan fingerprint density at radius 2 is 2.00 bits per heavy atom. The second kappa shape index (κ2) is 8.65. The van der Waals surface area contributed by atoms with Gasteiger partial charge in [-0.3, -0.25) is 4.84 Å². The summed E-state index contributed by atoms with van der Waals surface area (Å²) in [7, 11) is 0. The first kappa shape index (κ1) is 19.5. The van der Waals surface area contributed by atoms with Gasteiger partial charge in [-0.1, -0.05) is 47.5 Å². The Balaban J connectivity index is 2.04. The van der Waals surface area contributed by atoms with Crippen LogP contribution < -0.4 is 0 Å². The van der Waals surface area contributed by atoms with E-state index in [9.17, 15) is 10.1 Å². The Bertz CT molecular complexity index is 909. The summed E-state index contributed by atoms with van der Waals surface area (Å²) >= 11 is 13.9. The smallest absolute Gasteiger partial charge is 0.295 e. The first-order valence-corrected chi connectivity index (χ1v) is 9.65. The molecule has 0 radical (unpaired) electrons. The maximum absolute atomic E-state index is 11.4. The van der Waals surface area contributed by atoms with Crippen LogP contribution in [0.4, 0.5) is 0 Å². The van der Waals surface area contributed by atoms with Crippen molar-refractivity contribution in [2.45, 2.75) is 17.0 Å². The molecule has 0 saturated carbocycles. The minimum Gasteiger partial charge on any atom is -0.335 e. The highest BCUT2D eigenvalue weighted by Gasteiger charge is 2.39. The van der Waals surface area contributed by atoms with E-state index in [1.54, 1.807) is 41.5 Å². The van der Waals surface area contributed by atoms with Gasteiger partial charge in [0.15, 0.2) is 5.60 Å². The number of imidazole rings is 1. The minimum absolute atomic E-state index is 0.162. The Morgan fingerprint density at radius 1 is 1.22 bits per heavy atom. The molecule has 1 unspecified atom stereocenters. The van der Waals surface area contributed by atoms with Gasteiger partial charge in [-0.15, -0.1) is 21.9 Å². The van der Waals surface area contributed by atoms with Gasteiger partial charge in [0.25, 0.3) is 5.09 Å². The lowest BCUT2D eigenvalue weighted by Gasteiger charge is -2.32. The molecule has 6 nitrogen and oxygen atoms in total. The molecule has 0 bridgehead atoms. The Morgan fingerprint density at radius 3 is 2.63 bits per heavy atom. The molecular formula is C18H15Cl2N3O3S. The average Bonchev–Trinajstić information content (AvgIpc) is 3.13. The molecule has 3 aromatic rings. The molecular weight excluding hydrogens is 409 g/mol. The molecule has 2 aromatic carbocycles. The molecule has 0 spiro atoms. The molecule has 0 aliphatic carbocycles. The van der Waals surface area contributed by atoms with Gasteiger partial charge in [-0.2, -0.15) is 0 Å². The van der Waals surface area contributed by atoms with Gasteiger partial charge in [0, 0.05) is 38.7 Å². The minimum atomic E-state index is -1.33. The van der Waals surface area contributed by atoms with Crippen molar-refractivity contribution in [3.05, 3.63) is 93.0 Å². The van der Waals surface area contributed by atoms with Gasteiger partial charge in [-0.25, -0.2) is 4.98 Å². The van der Waals surface area contributed by atoms with E-state index < -0.39 is 10.7 Å². The van der Waals surface area contributed by atoms with Gasteiger partial charge in [0.05, 0.1) is 12.9 Å². The molecule has 27 heavy (non-hydrogen) atoms. The highest BCUT2D eigenvalue weighted by Crippen LogP contribution is 2.39. The Labute approximate surface area is 170 Å². The second-order valence-electron chi connectivity index (χ2n) is 5.77. The zero-order valence-corrected chi connectivity index (χ0v) is 16.3. The molecule has 1 atom stereocenters. The van der Waals surface area contributed by atoms with Crippen molar-refractivity contribution >= 4 is 35.0 Å². The molecule has 1 aromatic heterocycles. The first-order valence-electron chi connectivity index (χ1n) is 7.91. The Kier molecular flexibility index (Phi) is 6.26. The highest BCUT2D eigenvalue weighted by molar-refractivity contribution is 7.99. The summed E-state index contributed by atoms with van der Waals surface area (Å²) in [6.45, 7) is 0.162. The number of thioether (sulfide) groups is 1. The predicted molar refractivity (Wildman–Crippen MR) is 106 cm³/mol. The summed E-state index contributed by atoms with van der Waals surface area (Å²) in [5.41, 5.74) is -0.839. The van der Waals surface area contributed by atoms with Crippen molar-refractivity contribution in [1.29, 1.82) is 0 Å². The third-order valence-electron chi connectivity index (χ3n) is 3.88. The van der Waals surface area contributed by atoms with Crippen LogP contribution in [0.2, 0.25) is 10.0 Å². The fourth-order valence-electron chi connectivity index (χ4n) is 2.71. The lowest BCUT2D eigenvalue weighted by Crippen LogP contribution is -2.39. The van der Waals surface area contributed by atoms with Crippen LogP contribution in [0.15, 0.2) is 72.1 Å². The summed E-state index contributed by atoms with van der Waals surface area (Å²) in [6, 6.07) is 14.4. The highest BCUT2D eigenvalue weighted by atomic mass is 35.5. The molecule has 140 valence electrons. The van der Waals surface area contributed by atoms with Gasteiger partial charge in [0.2, 0.25) is 0 Å². The van der Waals surface area contributed by atoms with Crippen molar-refractivity contribution in [3.63, 3.8) is 0 Å². The number of aromatic nitrogens is 2. The molecule has 0 aliphatic heterocycles. The van der Waals surface area contributed by atoms with Crippen LogP contribution in [0.1, 0.15) is 5.56 Å². The zero-order chi connectivity index (χ0) is 19.3. The first-order chi connectivity index (χ1) is 13.0. The van der Waals surface area contributed by atoms with Crippen molar-refractivity contribution in [2.75, 3.05) is 5.75 Å². The summed E-state index contributed by atoms with van der Waals surface area (Å²) in [4.78, 5) is 21.6. The summed E-state index contributed by atoms with van der Waals surface area (Å²) in [6.07, 6.45) is 4.90. The van der Waals surface area contributed by atoms with E-state index in [2.05, 4.69) is 4.98 Å². The fourth-order valence-corrected chi connectivity index (χ4v) is 4.34. The van der Waals surface area contributed by atoms with Crippen molar-refractivity contribution in [1.82, 2.24) is 9.55 Å². The molecule has 0 N–H and O–H groups in total. The second-order valence-corrected chi connectivity index (χ2v) is 7.66. The number of nitrogens with zero attached hydrogens (tertiary/aromatic N) is 3. The maximum atomic E-state index is 11.4. The quantitative estimate of drug-likeness (QED) is 0.286. The predicted octanol–water partition coefficient (Wildman–Crippen LogP) is 5.09. The summed E-state index contributed by atoms with van der Waals surface area (Å²) < 4.78 is 1.72. The topological polar surface area (TPSA) is 70.2 Å². The van der Waals surface area contributed by atoms with E-state index in [1.165, 1.54) is 11.8 Å². The van der Waals surface area contributed by atoms with Crippen molar-refractivity contribution < 1.29 is 9.92 Å². The van der Waals surface area contributed by atoms with Gasteiger partial charge >= 0.3 is 0 Å². The zero-order valence-electron chi connectivity index (χ0n) is 14.0. The van der Waals surface area contributed by atoms with E-state index in [4.69, 9.17) is 28.0 Å². The van der Waals surface area contributed by atoms with Crippen molar-refractivity contribution in [2.24, 2.45) is 0 Å². The monoisotopic (exact) mass is 423 g/mol. The van der Waals surface area contributed by atoms with E-state index in [-0.39, 0.29) is 12.3 Å². The summed E-state index contributed by atoms with van der Waals surface area (Å²) in [5.74, 6) is 0.261. The number of hydrogen-bond donors (Lipinski definition) is 0.